The van der Waals surface area contributed by atoms with Crippen LogP contribution in [0.5, 0.6) is 0 Å². The second-order valence-corrected chi connectivity index (χ2v) is 10.2. The molecule has 0 unspecified atom stereocenters. The maximum absolute atomic E-state index is 13.1. The molecule has 2 heterocycles. The van der Waals surface area contributed by atoms with Crippen LogP contribution in [0.1, 0.15) is 27.0 Å². The predicted molar refractivity (Wildman–Crippen MR) is 148 cm³/mol. The number of aryl methyl sites for hydroxylation is 2. The van der Waals surface area contributed by atoms with Crippen molar-refractivity contribution >= 4 is 40.7 Å². The zero-order valence-electron chi connectivity index (χ0n) is 21.5. The van der Waals surface area contributed by atoms with E-state index in [1.165, 1.54) is 10.5 Å². The van der Waals surface area contributed by atoms with Crippen LogP contribution in [-0.4, -0.2) is 48.8 Å². The number of hydrogen-bond donors (Lipinski definition) is 2. The molecule has 3 amide bonds. The van der Waals surface area contributed by atoms with Gasteiger partial charge in [-0.1, -0.05) is 48.0 Å². The second-order valence-electron chi connectivity index (χ2n) is 9.81. The Morgan fingerprint density at radius 3 is 2.24 bits per heavy atom. The van der Waals surface area contributed by atoms with E-state index in [-0.39, 0.29) is 16.6 Å². The smallest absolute Gasteiger partial charge is 0.283 e. The van der Waals surface area contributed by atoms with Gasteiger partial charge in [0, 0.05) is 16.8 Å². The van der Waals surface area contributed by atoms with Crippen LogP contribution in [-0.2, 0) is 16.1 Å². The third-order valence-electron chi connectivity index (χ3n) is 7.23. The van der Waals surface area contributed by atoms with Gasteiger partial charge in [-0.2, -0.15) is 0 Å². The molecule has 5 rings (SSSR count). The number of piperazine rings is 1. The van der Waals surface area contributed by atoms with Gasteiger partial charge in [-0.25, -0.2) is 4.90 Å². The zero-order chi connectivity index (χ0) is 26.8. The van der Waals surface area contributed by atoms with E-state index in [1.807, 2.05) is 30.9 Å². The lowest BCUT2D eigenvalue weighted by Gasteiger charge is -2.32. The molecule has 2 N–H and O–H groups in total. The number of quaternary nitrogens is 1. The molecule has 7 nitrogen and oxygen atoms in total. The van der Waals surface area contributed by atoms with Gasteiger partial charge in [-0.05, 0) is 61.4 Å². The number of benzene rings is 3. The molecule has 3 aromatic carbocycles. The van der Waals surface area contributed by atoms with E-state index >= 15 is 0 Å². The van der Waals surface area contributed by atoms with Gasteiger partial charge in [0.15, 0.2) is 0 Å². The fourth-order valence-corrected chi connectivity index (χ4v) is 5.03. The van der Waals surface area contributed by atoms with Gasteiger partial charge >= 0.3 is 0 Å². The predicted octanol–water partition coefficient (Wildman–Crippen LogP) is 3.28. The minimum Gasteiger partial charge on any atom is -0.350 e. The highest BCUT2D eigenvalue weighted by Gasteiger charge is 2.39. The SMILES string of the molecule is Cc1ccc(N2C(=O)C(Cl)=C(Nc3ccc(C(=O)N4CC[NH+](Cc5ccccc5)CC4)cc3)C2=O)cc1C. The summed E-state index contributed by atoms with van der Waals surface area (Å²) in [6, 6.07) is 22.7. The largest absolute Gasteiger partial charge is 0.350 e. The molecular formula is C30H30ClN4O3+. The van der Waals surface area contributed by atoms with Crippen LogP contribution in [0.4, 0.5) is 11.4 Å². The highest BCUT2D eigenvalue weighted by molar-refractivity contribution is 6.53. The molecule has 0 radical (unpaired) electrons. The lowest BCUT2D eigenvalue weighted by Crippen LogP contribution is -3.13. The summed E-state index contributed by atoms with van der Waals surface area (Å²) in [5.41, 5.74) is 4.98. The normalized spacial score (nSPS) is 16.4. The highest BCUT2D eigenvalue weighted by Crippen LogP contribution is 2.31. The third kappa shape index (κ3) is 5.21. The van der Waals surface area contributed by atoms with Gasteiger partial charge in [-0.3, -0.25) is 14.4 Å². The van der Waals surface area contributed by atoms with Crippen LogP contribution in [0, 0.1) is 13.8 Å². The number of hydrogen-bond acceptors (Lipinski definition) is 4. The van der Waals surface area contributed by atoms with E-state index in [2.05, 4.69) is 29.6 Å². The average molecular weight is 530 g/mol. The van der Waals surface area contributed by atoms with Gasteiger partial charge in [0.1, 0.15) is 17.3 Å². The van der Waals surface area contributed by atoms with Crippen molar-refractivity contribution in [3.8, 4) is 0 Å². The maximum Gasteiger partial charge on any atom is 0.283 e. The Kier molecular flexibility index (Phi) is 7.31. The number of carbonyl (C=O) groups is 3. The molecule has 0 spiro atoms. The van der Waals surface area contributed by atoms with Crippen molar-refractivity contribution in [1.82, 2.24) is 4.90 Å². The van der Waals surface area contributed by atoms with Crippen molar-refractivity contribution in [3.05, 3.63) is 106 Å². The van der Waals surface area contributed by atoms with E-state index in [4.69, 9.17) is 11.6 Å². The lowest BCUT2D eigenvalue weighted by atomic mass is 10.1. The first-order valence-electron chi connectivity index (χ1n) is 12.7. The van der Waals surface area contributed by atoms with Crippen molar-refractivity contribution < 1.29 is 19.3 Å². The third-order valence-corrected chi connectivity index (χ3v) is 7.58. The number of rotatable bonds is 6. The highest BCUT2D eigenvalue weighted by atomic mass is 35.5. The summed E-state index contributed by atoms with van der Waals surface area (Å²) in [6.07, 6.45) is 0. The van der Waals surface area contributed by atoms with Crippen LogP contribution in [0.2, 0.25) is 0 Å². The Hall–Kier alpha value is -3.94. The van der Waals surface area contributed by atoms with Crippen LogP contribution < -0.4 is 15.1 Å². The summed E-state index contributed by atoms with van der Waals surface area (Å²) in [7, 11) is 0. The van der Waals surface area contributed by atoms with Crippen molar-refractivity contribution in [3.63, 3.8) is 0 Å². The first-order chi connectivity index (χ1) is 18.3. The van der Waals surface area contributed by atoms with E-state index in [9.17, 15) is 14.4 Å². The van der Waals surface area contributed by atoms with Crippen molar-refractivity contribution in [2.45, 2.75) is 20.4 Å². The quantitative estimate of drug-likeness (QED) is 0.481. The molecule has 0 aromatic heterocycles. The number of amides is 3. The van der Waals surface area contributed by atoms with E-state index in [0.717, 1.165) is 35.7 Å². The van der Waals surface area contributed by atoms with Crippen LogP contribution >= 0.6 is 11.6 Å². The molecule has 38 heavy (non-hydrogen) atoms. The van der Waals surface area contributed by atoms with Crippen molar-refractivity contribution in [2.75, 3.05) is 36.4 Å². The summed E-state index contributed by atoms with van der Waals surface area (Å²) in [6.45, 7) is 8.06. The monoisotopic (exact) mass is 529 g/mol. The minimum atomic E-state index is -0.567. The minimum absolute atomic E-state index is 0.0133. The molecule has 0 bridgehead atoms. The van der Waals surface area contributed by atoms with Gasteiger partial charge < -0.3 is 15.1 Å². The Morgan fingerprint density at radius 1 is 0.895 bits per heavy atom. The summed E-state index contributed by atoms with van der Waals surface area (Å²) in [4.78, 5) is 43.4. The summed E-state index contributed by atoms with van der Waals surface area (Å²) in [5, 5.41) is 2.82. The summed E-state index contributed by atoms with van der Waals surface area (Å²) in [5.74, 6) is -1.09. The first-order valence-corrected chi connectivity index (χ1v) is 13.1. The Labute approximate surface area is 227 Å². The number of nitrogens with zero attached hydrogens (tertiary/aromatic N) is 2. The number of nitrogens with one attached hydrogen (secondary N) is 2. The van der Waals surface area contributed by atoms with Gasteiger partial charge in [-0.15, -0.1) is 0 Å². The van der Waals surface area contributed by atoms with Crippen molar-refractivity contribution in [1.29, 1.82) is 0 Å². The molecule has 194 valence electrons. The first kappa shape index (κ1) is 25.7. The number of imide groups is 1. The van der Waals surface area contributed by atoms with Crippen LogP contribution in [0.25, 0.3) is 0 Å². The van der Waals surface area contributed by atoms with Crippen LogP contribution in [0.15, 0.2) is 83.5 Å². The van der Waals surface area contributed by atoms with Gasteiger partial charge in [0.05, 0.1) is 31.9 Å². The molecule has 0 saturated carbocycles. The standard InChI is InChI=1S/C30H29ClN4O3/c1-20-8-13-25(18-21(20)2)35-29(37)26(31)27(30(35)38)32-24-11-9-23(10-12-24)28(36)34-16-14-33(15-17-34)19-22-6-4-3-5-7-22/h3-13,18,32H,14-17,19H2,1-2H3/p+1. The molecule has 1 fully saturated rings. The van der Waals surface area contributed by atoms with E-state index in [1.54, 1.807) is 36.4 Å². The second kappa shape index (κ2) is 10.8. The summed E-state index contributed by atoms with van der Waals surface area (Å²) >= 11 is 6.28. The lowest BCUT2D eigenvalue weighted by molar-refractivity contribution is -0.917. The number of halogens is 1. The van der Waals surface area contributed by atoms with E-state index in [0.29, 0.717) is 30.0 Å². The topological polar surface area (TPSA) is 74.2 Å². The Balaban J connectivity index is 1.20. The number of anilines is 2. The molecule has 2 aliphatic rings. The fourth-order valence-electron chi connectivity index (χ4n) is 4.82. The van der Waals surface area contributed by atoms with Crippen LogP contribution in [0.3, 0.4) is 0 Å². The van der Waals surface area contributed by atoms with Gasteiger partial charge in [0.2, 0.25) is 0 Å². The molecule has 0 atom stereocenters. The number of carbonyl (C=O) groups excluding carboxylic acids is 3. The average Bonchev–Trinajstić information content (AvgIpc) is 3.14. The summed E-state index contributed by atoms with van der Waals surface area (Å²) < 4.78 is 0. The molecule has 0 aliphatic carbocycles. The molecule has 8 heteroatoms. The molecular weight excluding hydrogens is 500 g/mol. The Morgan fingerprint density at radius 2 is 1.58 bits per heavy atom. The van der Waals surface area contributed by atoms with E-state index < -0.39 is 11.8 Å². The van der Waals surface area contributed by atoms with Crippen molar-refractivity contribution in [2.24, 2.45) is 0 Å². The fraction of sp³-hybridized carbons (Fsp3) is 0.233. The molecule has 1 saturated heterocycles. The maximum atomic E-state index is 13.1. The Bertz CT molecular complexity index is 1410. The molecule has 2 aliphatic heterocycles. The van der Waals surface area contributed by atoms with Gasteiger partial charge in [0.25, 0.3) is 17.7 Å². The molecule has 3 aromatic rings. The zero-order valence-corrected chi connectivity index (χ0v) is 22.2.